The molecular formula is C14H26N2O3. The highest BCUT2D eigenvalue weighted by Gasteiger charge is 2.30. The first-order chi connectivity index (χ1) is 8.71. The lowest BCUT2D eigenvalue weighted by atomic mass is 9.97. The molecule has 1 aliphatic heterocycles. The summed E-state index contributed by atoms with van der Waals surface area (Å²) in [5.41, 5.74) is 0.177. The molecule has 1 fully saturated rings. The van der Waals surface area contributed by atoms with E-state index < -0.39 is 5.97 Å². The molecule has 1 heterocycles. The van der Waals surface area contributed by atoms with Gasteiger partial charge in [-0.1, -0.05) is 0 Å². The summed E-state index contributed by atoms with van der Waals surface area (Å²) < 4.78 is 0. The Labute approximate surface area is 115 Å². The standard InChI is InChI=1S/C14H26N2O3/c1-14(2,3)16-9-7-11(8-10-16)15(4)12(17)5-6-13(18)19/h11H,5-10H2,1-4H3,(H,18,19). The lowest BCUT2D eigenvalue weighted by Crippen LogP contribution is -2.51. The Balaban J connectivity index is 2.42. The predicted octanol–water partition coefficient (Wildman–Crippen LogP) is 1.57. The van der Waals surface area contributed by atoms with E-state index in [4.69, 9.17) is 5.11 Å². The number of hydrogen-bond acceptors (Lipinski definition) is 3. The van der Waals surface area contributed by atoms with Crippen LogP contribution in [0.3, 0.4) is 0 Å². The van der Waals surface area contributed by atoms with Crippen LogP contribution in [0.2, 0.25) is 0 Å². The van der Waals surface area contributed by atoms with Crippen molar-refractivity contribution in [3.8, 4) is 0 Å². The van der Waals surface area contributed by atoms with E-state index >= 15 is 0 Å². The molecule has 1 saturated heterocycles. The van der Waals surface area contributed by atoms with Gasteiger partial charge in [-0.3, -0.25) is 14.5 Å². The van der Waals surface area contributed by atoms with Crippen molar-refractivity contribution in [2.45, 2.75) is 58.0 Å². The Hall–Kier alpha value is -1.10. The van der Waals surface area contributed by atoms with E-state index in [1.807, 2.05) is 0 Å². The topological polar surface area (TPSA) is 60.9 Å². The summed E-state index contributed by atoms with van der Waals surface area (Å²) in [6.07, 6.45) is 1.95. The summed E-state index contributed by atoms with van der Waals surface area (Å²) >= 11 is 0. The van der Waals surface area contributed by atoms with Crippen LogP contribution in [0.4, 0.5) is 0 Å². The van der Waals surface area contributed by atoms with Gasteiger partial charge in [0.2, 0.25) is 5.91 Å². The molecule has 1 N–H and O–H groups in total. The van der Waals surface area contributed by atoms with Crippen LogP contribution in [-0.2, 0) is 9.59 Å². The van der Waals surface area contributed by atoms with Gasteiger partial charge in [-0.15, -0.1) is 0 Å². The Kier molecular flexibility index (Phi) is 5.35. The number of hydrogen-bond donors (Lipinski definition) is 1. The van der Waals surface area contributed by atoms with E-state index in [9.17, 15) is 9.59 Å². The Morgan fingerprint density at radius 1 is 1.21 bits per heavy atom. The SMILES string of the molecule is CN(C(=O)CCC(=O)O)C1CCN(C(C)(C)C)CC1. The second-order valence-corrected chi connectivity index (χ2v) is 6.29. The zero-order valence-corrected chi connectivity index (χ0v) is 12.5. The summed E-state index contributed by atoms with van der Waals surface area (Å²) in [4.78, 5) is 26.5. The fourth-order valence-electron chi connectivity index (χ4n) is 2.52. The van der Waals surface area contributed by atoms with Gasteiger partial charge in [0.1, 0.15) is 0 Å². The average Bonchev–Trinajstić information content (AvgIpc) is 2.34. The number of rotatable bonds is 4. The van der Waals surface area contributed by atoms with E-state index in [1.165, 1.54) is 0 Å². The third-order valence-electron chi connectivity index (χ3n) is 3.91. The highest BCUT2D eigenvalue weighted by molar-refractivity contribution is 5.80. The molecule has 0 unspecified atom stereocenters. The monoisotopic (exact) mass is 270 g/mol. The number of carbonyl (C=O) groups is 2. The molecule has 0 aliphatic carbocycles. The van der Waals surface area contributed by atoms with Gasteiger partial charge < -0.3 is 10.0 Å². The molecule has 1 rings (SSSR count). The van der Waals surface area contributed by atoms with Crippen molar-refractivity contribution in [1.82, 2.24) is 9.80 Å². The van der Waals surface area contributed by atoms with E-state index in [-0.39, 0.29) is 30.3 Å². The van der Waals surface area contributed by atoms with Gasteiger partial charge >= 0.3 is 5.97 Å². The van der Waals surface area contributed by atoms with Crippen LogP contribution in [0.15, 0.2) is 0 Å². The third kappa shape index (κ3) is 4.82. The summed E-state index contributed by atoms with van der Waals surface area (Å²) in [6.45, 7) is 8.59. The molecule has 0 radical (unpaired) electrons. The minimum absolute atomic E-state index is 0.0587. The second-order valence-electron chi connectivity index (χ2n) is 6.29. The number of carboxylic acids is 1. The number of nitrogens with zero attached hydrogens (tertiary/aromatic N) is 2. The zero-order valence-electron chi connectivity index (χ0n) is 12.5. The van der Waals surface area contributed by atoms with Crippen LogP contribution in [0.5, 0.6) is 0 Å². The van der Waals surface area contributed by atoms with Gasteiger partial charge in [-0.05, 0) is 33.6 Å². The van der Waals surface area contributed by atoms with Gasteiger partial charge in [0.05, 0.1) is 6.42 Å². The minimum atomic E-state index is -0.913. The first-order valence-electron chi connectivity index (χ1n) is 6.94. The maximum absolute atomic E-state index is 11.9. The lowest BCUT2D eigenvalue weighted by Gasteiger charge is -2.43. The minimum Gasteiger partial charge on any atom is -0.481 e. The zero-order chi connectivity index (χ0) is 14.6. The van der Waals surface area contributed by atoms with Crippen LogP contribution >= 0.6 is 0 Å². The summed E-state index contributed by atoms with van der Waals surface area (Å²) in [5.74, 6) is -0.971. The van der Waals surface area contributed by atoms with Crippen LogP contribution in [-0.4, -0.2) is 58.5 Å². The summed E-state index contributed by atoms with van der Waals surface area (Å²) in [5, 5.41) is 8.60. The smallest absolute Gasteiger partial charge is 0.303 e. The van der Waals surface area contributed by atoms with Crippen molar-refractivity contribution < 1.29 is 14.7 Å². The van der Waals surface area contributed by atoms with E-state index in [0.717, 1.165) is 25.9 Å². The molecule has 0 aromatic rings. The van der Waals surface area contributed by atoms with Gasteiger partial charge in [-0.2, -0.15) is 0 Å². The van der Waals surface area contributed by atoms with E-state index in [0.29, 0.717) is 0 Å². The molecule has 1 aliphatic rings. The first kappa shape index (κ1) is 16.0. The Bertz CT molecular complexity index is 328. The first-order valence-corrected chi connectivity index (χ1v) is 6.94. The highest BCUT2D eigenvalue weighted by atomic mass is 16.4. The number of piperidine rings is 1. The molecule has 0 aromatic heterocycles. The van der Waals surface area contributed by atoms with Crippen LogP contribution in [0.1, 0.15) is 46.5 Å². The second kappa shape index (κ2) is 6.37. The summed E-state index contributed by atoms with van der Waals surface area (Å²) in [7, 11) is 1.79. The van der Waals surface area contributed by atoms with Crippen LogP contribution in [0, 0.1) is 0 Å². The Morgan fingerprint density at radius 2 is 1.74 bits per heavy atom. The van der Waals surface area contributed by atoms with Crippen molar-refractivity contribution in [1.29, 1.82) is 0 Å². The van der Waals surface area contributed by atoms with Crippen molar-refractivity contribution in [3.05, 3.63) is 0 Å². The largest absolute Gasteiger partial charge is 0.481 e. The number of carbonyl (C=O) groups excluding carboxylic acids is 1. The van der Waals surface area contributed by atoms with Crippen molar-refractivity contribution >= 4 is 11.9 Å². The quantitative estimate of drug-likeness (QED) is 0.842. The van der Waals surface area contributed by atoms with E-state index in [2.05, 4.69) is 25.7 Å². The van der Waals surface area contributed by atoms with Crippen molar-refractivity contribution in [3.63, 3.8) is 0 Å². The van der Waals surface area contributed by atoms with Gasteiger partial charge in [0, 0.05) is 38.1 Å². The van der Waals surface area contributed by atoms with Gasteiger partial charge in [0.25, 0.3) is 0 Å². The molecule has 0 aromatic carbocycles. The molecule has 110 valence electrons. The average molecular weight is 270 g/mol. The molecule has 5 nitrogen and oxygen atoms in total. The molecule has 1 amide bonds. The van der Waals surface area contributed by atoms with Crippen molar-refractivity contribution in [2.75, 3.05) is 20.1 Å². The van der Waals surface area contributed by atoms with E-state index in [1.54, 1.807) is 11.9 Å². The predicted molar refractivity (Wildman–Crippen MR) is 74.0 cm³/mol. The van der Waals surface area contributed by atoms with Crippen LogP contribution < -0.4 is 0 Å². The molecule has 0 atom stereocenters. The maximum Gasteiger partial charge on any atom is 0.303 e. The van der Waals surface area contributed by atoms with Gasteiger partial charge in [-0.25, -0.2) is 0 Å². The fourth-order valence-corrected chi connectivity index (χ4v) is 2.52. The number of carboxylic acid groups (broad SMARTS) is 1. The van der Waals surface area contributed by atoms with Crippen LogP contribution in [0.25, 0.3) is 0 Å². The molecule has 0 bridgehead atoms. The lowest BCUT2D eigenvalue weighted by molar-refractivity contribution is -0.141. The molecule has 0 saturated carbocycles. The molecule has 0 spiro atoms. The Morgan fingerprint density at radius 3 is 2.16 bits per heavy atom. The number of likely N-dealkylation sites (tertiary alicyclic amines) is 1. The summed E-state index contributed by atoms with van der Waals surface area (Å²) in [6, 6.07) is 0.250. The van der Waals surface area contributed by atoms with Crippen molar-refractivity contribution in [2.24, 2.45) is 0 Å². The van der Waals surface area contributed by atoms with Gasteiger partial charge in [0.15, 0.2) is 0 Å². The molecule has 5 heteroatoms. The maximum atomic E-state index is 11.9. The number of aliphatic carboxylic acids is 1. The molecule has 19 heavy (non-hydrogen) atoms. The third-order valence-corrected chi connectivity index (χ3v) is 3.91. The number of amides is 1. The normalized spacial score (nSPS) is 18.3. The highest BCUT2D eigenvalue weighted by Crippen LogP contribution is 2.22. The molecular weight excluding hydrogens is 244 g/mol. The fraction of sp³-hybridized carbons (Fsp3) is 0.857.